The second-order valence-corrected chi connectivity index (χ2v) is 7.53. The Morgan fingerprint density at radius 1 is 1.12 bits per heavy atom. The average molecular weight is 358 g/mol. The SMILES string of the molecule is Cc1ccc(Cl)c2c1C(c1ccccc1)C(=O)N2C(=O)OC(C)(C)C. The van der Waals surface area contributed by atoms with Crippen molar-refractivity contribution in [2.45, 2.75) is 39.2 Å². The van der Waals surface area contributed by atoms with Gasteiger partial charge in [0.05, 0.1) is 16.6 Å². The first-order chi connectivity index (χ1) is 11.7. The maximum absolute atomic E-state index is 13.2. The summed E-state index contributed by atoms with van der Waals surface area (Å²) in [5.41, 5.74) is 2.21. The Hall–Kier alpha value is -2.33. The van der Waals surface area contributed by atoms with Gasteiger partial charge in [0.1, 0.15) is 5.60 Å². The fraction of sp³-hybridized carbons (Fsp3) is 0.300. The van der Waals surface area contributed by atoms with E-state index in [4.69, 9.17) is 16.3 Å². The van der Waals surface area contributed by atoms with Crippen LogP contribution >= 0.6 is 11.6 Å². The molecule has 4 nitrogen and oxygen atoms in total. The van der Waals surface area contributed by atoms with Gasteiger partial charge in [-0.1, -0.05) is 48.0 Å². The minimum absolute atomic E-state index is 0.341. The summed E-state index contributed by atoms with van der Waals surface area (Å²) in [4.78, 5) is 26.9. The second-order valence-electron chi connectivity index (χ2n) is 7.12. The van der Waals surface area contributed by atoms with Crippen LogP contribution in [-0.2, 0) is 9.53 Å². The molecule has 25 heavy (non-hydrogen) atoms. The number of hydrogen-bond donors (Lipinski definition) is 0. The molecule has 2 aromatic rings. The maximum atomic E-state index is 13.2. The normalized spacial score (nSPS) is 16.8. The Balaban J connectivity index is 2.17. The molecule has 130 valence electrons. The van der Waals surface area contributed by atoms with E-state index >= 15 is 0 Å². The lowest BCUT2D eigenvalue weighted by molar-refractivity contribution is -0.118. The highest BCUT2D eigenvalue weighted by atomic mass is 35.5. The van der Waals surface area contributed by atoms with Gasteiger partial charge in [-0.05, 0) is 50.5 Å². The predicted molar refractivity (Wildman–Crippen MR) is 98.2 cm³/mol. The van der Waals surface area contributed by atoms with Crippen LogP contribution in [-0.4, -0.2) is 17.6 Å². The van der Waals surface area contributed by atoms with Crippen molar-refractivity contribution in [2.75, 3.05) is 4.90 Å². The summed E-state index contributed by atoms with van der Waals surface area (Å²) < 4.78 is 5.44. The molecule has 0 aromatic heterocycles. The zero-order chi connectivity index (χ0) is 18.4. The topological polar surface area (TPSA) is 46.6 Å². The largest absolute Gasteiger partial charge is 0.443 e. The standard InChI is InChI=1S/C20H20ClNO3/c1-12-10-11-14(21)17-15(12)16(13-8-6-5-7-9-13)18(23)22(17)19(24)25-20(2,3)4/h5-11,16H,1-4H3. The van der Waals surface area contributed by atoms with E-state index in [0.717, 1.165) is 21.6 Å². The minimum Gasteiger partial charge on any atom is -0.443 e. The first-order valence-electron chi connectivity index (χ1n) is 8.11. The van der Waals surface area contributed by atoms with Crippen LogP contribution in [0.15, 0.2) is 42.5 Å². The van der Waals surface area contributed by atoms with Crippen molar-refractivity contribution in [1.29, 1.82) is 0 Å². The van der Waals surface area contributed by atoms with E-state index in [-0.39, 0.29) is 5.91 Å². The molecule has 5 heteroatoms. The van der Waals surface area contributed by atoms with Crippen LogP contribution in [0.3, 0.4) is 0 Å². The van der Waals surface area contributed by atoms with Crippen molar-refractivity contribution in [1.82, 2.24) is 0 Å². The number of imide groups is 1. The van der Waals surface area contributed by atoms with Gasteiger partial charge < -0.3 is 4.74 Å². The molecule has 0 fully saturated rings. The van der Waals surface area contributed by atoms with Crippen molar-refractivity contribution in [3.8, 4) is 0 Å². The highest BCUT2D eigenvalue weighted by molar-refractivity contribution is 6.36. The third kappa shape index (κ3) is 3.14. The Morgan fingerprint density at radius 3 is 2.36 bits per heavy atom. The molecule has 0 bridgehead atoms. The van der Waals surface area contributed by atoms with Crippen LogP contribution in [0.25, 0.3) is 0 Å². The molecule has 1 aliphatic heterocycles. The van der Waals surface area contributed by atoms with E-state index in [2.05, 4.69) is 0 Å². The van der Waals surface area contributed by atoms with E-state index < -0.39 is 17.6 Å². The van der Waals surface area contributed by atoms with Crippen LogP contribution in [0.5, 0.6) is 0 Å². The van der Waals surface area contributed by atoms with E-state index in [9.17, 15) is 9.59 Å². The Kier molecular flexibility index (Phi) is 4.33. The number of fused-ring (bicyclic) bond motifs is 1. The summed E-state index contributed by atoms with van der Waals surface area (Å²) in [6.07, 6.45) is -0.704. The molecule has 0 N–H and O–H groups in total. The molecule has 1 heterocycles. The Morgan fingerprint density at radius 2 is 1.76 bits per heavy atom. The van der Waals surface area contributed by atoms with Crippen LogP contribution in [0.1, 0.15) is 43.4 Å². The minimum atomic E-state index is -0.710. The fourth-order valence-corrected chi connectivity index (χ4v) is 3.33. The molecule has 1 aliphatic rings. The zero-order valence-electron chi connectivity index (χ0n) is 14.7. The summed E-state index contributed by atoms with van der Waals surface area (Å²) in [5, 5.41) is 0.359. The van der Waals surface area contributed by atoms with Crippen molar-refractivity contribution in [2.24, 2.45) is 0 Å². The molecule has 0 radical (unpaired) electrons. The number of amides is 2. The third-order valence-corrected chi connectivity index (χ3v) is 4.38. The number of hydrogen-bond acceptors (Lipinski definition) is 3. The smallest absolute Gasteiger partial charge is 0.421 e. The number of rotatable bonds is 1. The number of halogens is 1. The first kappa shape index (κ1) is 17.5. The van der Waals surface area contributed by atoms with Crippen LogP contribution < -0.4 is 4.90 Å². The number of carbonyl (C=O) groups is 2. The molecule has 1 atom stereocenters. The van der Waals surface area contributed by atoms with Crippen LogP contribution in [0, 0.1) is 6.92 Å². The quantitative estimate of drug-likeness (QED) is 0.716. The van der Waals surface area contributed by atoms with Gasteiger partial charge in [-0.2, -0.15) is 0 Å². The van der Waals surface area contributed by atoms with Crippen molar-refractivity contribution < 1.29 is 14.3 Å². The number of nitrogens with zero attached hydrogens (tertiary/aromatic N) is 1. The molecule has 2 amide bonds. The van der Waals surface area contributed by atoms with Crippen molar-refractivity contribution >= 4 is 29.3 Å². The van der Waals surface area contributed by atoms with Crippen molar-refractivity contribution in [3.05, 3.63) is 64.2 Å². The van der Waals surface area contributed by atoms with Gasteiger partial charge in [0.2, 0.25) is 5.91 Å². The molecule has 0 aliphatic carbocycles. The summed E-state index contributed by atoms with van der Waals surface area (Å²) in [7, 11) is 0. The highest BCUT2D eigenvalue weighted by Crippen LogP contribution is 2.47. The Labute approximate surface area is 152 Å². The number of aryl methyl sites for hydroxylation is 1. The number of benzene rings is 2. The van der Waals surface area contributed by atoms with Crippen LogP contribution in [0.4, 0.5) is 10.5 Å². The van der Waals surface area contributed by atoms with Gasteiger partial charge in [0.15, 0.2) is 0 Å². The van der Waals surface area contributed by atoms with Gasteiger partial charge in [-0.15, -0.1) is 0 Å². The molecule has 2 aromatic carbocycles. The number of ether oxygens (including phenoxy) is 1. The summed E-state index contributed by atoms with van der Waals surface area (Å²) in [5.74, 6) is -0.908. The fourth-order valence-electron chi connectivity index (χ4n) is 3.08. The summed E-state index contributed by atoms with van der Waals surface area (Å²) in [6.45, 7) is 7.20. The van der Waals surface area contributed by atoms with Gasteiger partial charge in [0.25, 0.3) is 0 Å². The molecule has 3 rings (SSSR count). The Bertz CT molecular complexity index is 840. The molecule has 0 saturated carbocycles. The maximum Gasteiger partial charge on any atom is 0.421 e. The second kappa shape index (κ2) is 6.19. The van der Waals surface area contributed by atoms with E-state index in [1.807, 2.05) is 43.3 Å². The molecule has 0 saturated heterocycles. The van der Waals surface area contributed by atoms with Gasteiger partial charge in [-0.25, -0.2) is 9.69 Å². The predicted octanol–water partition coefficient (Wildman–Crippen LogP) is 5.06. The van der Waals surface area contributed by atoms with Gasteiger partial charge >= 0.3 is 6.09 Å². The lowest BCUT2D eigenvalue weighted by Crippen LogP contribution is -2.39. The van der Waals surface area contributed by atoms with E-state index in [1.165, 1.54) is 0 Å². The summed E-state index contributed by atoms with van der Waals surface area (Å²) in [6, 6.07) is 13.0. The van der Waals surface area contributed by atoms with Crippen LogP contribution in [0.2, 0.25) is 5.02 Å². The monoisotopic (exact) mass is 357 g/mol. The molecular formula is C20H20ClNO3. The van der Waals surface area contributed by atoms with E-state index in [1.54, 1.807) is 26.8 Å². The zero-order valence-corrected chi connectivity index (χ0v) is 15.4. The molecular weight excluding hydrogens is 338 g/mol. The van der Waals surface area contributed by atoms with Crippen molar-refractivity contribution in [3.63, 3.8) is 0 Å². The lowest BCUT2D eigenvalue weighted by atomic mass is 9.90. The molecule has 1 unspecified atom stereocenters. The highest BCUT2D eigenvalue weighted by Gasteiger charge is 2.45. The number of anilines is 1. The first-order valence-corrected chi connectivity index (χ1v) is 8.49. The third-order valence-electron chi connectivity index (χ3n) is 4.07. The van der Waals surface area contributed by atoms with E-state index in [0.29, 0.717) is 10.7 Å². The van der Waals surface area contributed by atoms with Gasteiger partial charge in [0, 0.05) is 0 Å². The lowest BCUT2D eigenvalue weighted by Gasteiger charge is -2.24. The van der Waals surface area contributed by atoms with Gasteiger partial charge in [-0.3, -0.25) is 4.79 Å². The number of carbonyl (C=O) groups excluding carboxylic acids is 2. The summed E-state index contributed by atoms with van der Waals surface area (Å²) >= 11 is 6.37. The average Bonchev–Trinajstić information content (AvgIpc) is 2.84. The molecule has 0 spiro atoms.